The van der Waals surface area contributed by atoms with E-state index < -0.39 is 0 Å². The average molecular weight is 576 g/mol. The highest BCUT2D eigenvalue weighted by atomic mass is 19.1. The molecule has 0 saturated carbocycles. The van der Waals surface area contributed by atoms with E-state index in [0.29, 0.717) is 11.8 Å². The summed E-state index contributed by atoms with van der Waals surface area (Å²) in [7, 11) is 0. The van der Waals surface area contributed by atoms with E-state index >= 15 is 0 Å². The lowest BCUT2D eigenvalue weighted by Gasteiger charge is -2.46. The molecule has 0 bridgehead atoms. The molecule has 4 nitrogen and oxygen atoms in total. The number of rotatable bonds is 14. The van der Waals surface area contributed by atoms with Gasteiger partial charge in [-0.15, -0.1) is 0 Å². The van der Waals surface area contributed by atoms with Gasteiger partial charge in [0.05, 0.1) is 18.1 Å². The first-order valence-electron chi connectivity index (χ1n) is 15.5. The highest BCUT2D eigenvalue weighted by Crippen LogP contribution is 2.34. The Hall–Kier alpha value is -2.93. The van der Waals surface area contributed by atoms with Gasteiger partial charge in [0.1, 0.15) is 17.9 Å². The van der Waals surface area contributed by atoms with E-state index in [1.54, 1.807) is 0 Å². The van der Waals surface area contributed by atoms with Gasteiger partial charge in [0.15, 0.2) is 0 Å². The Bertz CT molecular complexity index is 1150. The molecule has 0 spiro atoms. The van der Waals surface area contributed by atoms with Crippen molar-refractivity contribution in [3.05, 3.63) is 107 Å². The SMILES string of the molecule is CC(C)CCN(CCC(C)C)C(C=O)C(c1ccccc1)N1CCN(C(c2ccc(F)cc2)c2ccc(F)cc2)CC1. The fourth-order valence-corrected chi connectivity index (χ4v) is 6.07. The maximum atomic E-state index is 13.8. The Labute approximate surface area is 251 Å². The predicted octanol–water partition coefficient (Wildman–Crippen LogP) is 7.37. The molecule has 0 aliphatic carbocycles. The van der Waals surface area contributed by atoms with Crippen LogP contribution in [0.4, 0.5) is 8.78 Å². The minimum atomic E-state index is -0.272. The maximum absolute atomic E-state index is 13.8. The molecule has 0 radical (unpaired) electrons. The van der Waals surface area contributed by atoms with Crippen LogP contribution in [0.3, 0.4) is 0 Å². The van der Waals surface area contributed by atoms with E-state index in [2.05, 4.69) is 66.7 Å². The number of carbonyl (C=O) groups excluding carboxylic acids is 1. The van der Waals surface area contributed by atoms with Crippen LogP contribution in [0.25, 0.3) is 0 Å². The number of hydrogen-bond acceptors (Lipinski definition) is 4. The number of benzene rings is 3. The van der Waals surface area contributed by atoms with Gasteiger partial charge in [-0.1, -0.05) is 82.3 Å². The fourth-order valence-electron chi connectivity index (χ4n) is 6.07. The largest absolute Gasteiger partial charge is 0.302 e. The molecule has 0 aromatic heterocycles. The molecule has 42 heavy (non-hydrogen) atoms. The highest BCUT2D eigenvalue weighted by Gasteiger charge is 2.36. The van der Waals surface area contributed by atoms with Crippen LogP contribution < -0.4 is 0 Å². The van der Waals surface area contributed by atoms with Crippen molar-refractivity contribution in [2.24, 2.45) is 11.8 Å². The topological polar surface area (TPSA) is 26.8 Å². The monoisotopic (exact) mass is 575 g/mol. The predicted molar refractivity (Wildman–Crippen MR) is 167 cm³/mol. The summed E-state index contributed by atoms with van der Waals surface area (Å²) in [6.45, 7) is 13.9. The summed E-state index contributed by atoms with van der Waals surface area (Å²) in [5.74, 6) is 0.581. The molecule has 0 amide bonds. The Morgan fingerprint density at radius 1 is 0.667 bits per heavy atom. The fraction of sp³-hybridized carbons (Fsp3) is 0.472. The standard InChI is InChI=1S/C36H47F2N3O/c1-27(2)18-20-39(21-19-28(3)4)34(26-42)36(29-8-6-5-7-9-29)41-24-22-40(23-25-41)35(30-10-14-32(37)15-11-30)31-12-16-33(38)17-13-31/h5-17,26-28,34-36H,18-25H2,1-4H3. The third-order valence-corrected chi connectivity index (χ3v) is 8.49. The molecule has 3 aromatic rings. The van der Waals surface area contributed by atoms with Crippen molar-refractivity contribution in [1.82, 2.24) is 14.7 Å². The van der Waals surface area contributed by atoms with Gasteiger partial charge in [0.2, 0.25) is 0 Å². The highest BCUT2D eigenvalue weighted by molar-refractivity contribution is 5.60. The first-order valence-corrected chi connectivity index (χ1v) is 15.5. The molecule has 0 N–H and O–H groups in total. The van der Waals surface area contributed by atoms with E-state index in [1.807, 2.05) is 30.3 Å². The van der Waals surface area contributed by atoms with Crippen molar-refractivity contribution >= 4 is 6.29 Å². The van der Waals surface area contributed by atoms with E-state index in [1.165, 1.54) is 30.6 Å². The van der Waals surface area contributed by atoms with E-state index in [0.717, 1.165) is 68.8 Å². The zero-order valence-corrected chi connectivity index (χ0v) is 25.6. The van der Waals surface area contributed by atoms with Crippen molar-refractivity contribution in [3.63, 3.8) is 0 Å². The first kappa shape index (κ1) is 32.0. The molecular weight excluding hydrogens is 528 g/mol. The van der Waals surface area contributed by atoms with Crippen LogP contribution in [0.5, 0.6) is 0 Å². The van der Waals surface area contributed by atoms with Crippen LogP contribution in [-0.4, -0.2) is 66.3 Å². The third kappa shape index (κ3) is 8.56. The van der Waals surface area contributed by atoms with Crippen LogP contribution in [-0.2, 0) is 4.79 Å². The van der Waals surface area contributed by atoms with Gasteiger partial charge in [0.25, 0.3) is 0 Å². The molecule has 1 saturated heterocycles. The number of nitrogens with zero attached hydrogens (tertiary/aromatic N) is 3. The molecule has 4 rings (SSSR count). The van der Waals surface area contributed by atoms with Gasteiger partial charge in [-0.3, -0.25) is 14.7 Å². The van der Waals surface area contributed by atoms with Crippen LogP contribution >= 0.6 is 0 Å². The second-order valence-corrected chi connectivity index (χ2v) is 12.5. The third-order valence-electron chi connectivity index (χ3n) is 8.49. The summed E-state index contributed by atoms with van der Waals surface area (Å²) in [5.41, 5.74) is 3.13. The van der Waals surface area contributed by atoms with Crippen LogP contribution in [0.15, 0.2) is 78.9 Å². The molecule has 2 unspecified atom stereocenters. The molecule has 1 aliphatic rings. The van der Waals surface area contributed by atoms with Crippen molar-refractivity contribution in [2.75, 3.05) is 39.3 Å². The number of aldehydes is 1. The molecule has 1 aliphatic heterocycles. The van der Waals surface area contributed by atoms with Gasteiger partial charge in [-0.05, 0) is 78.7 Å². The lowest BCUT2D eigenvalue weighted by Crippen LogP contribution is -2.54. The summed E-state index contributed by atoms with van der Waals surface area (Å²) in [6.07, 6.45) is 3.27. The second kappa shape index (κ2) is 15.5. The lowest BCUT2D eigenvalue weighted by molar-refractivity contribution is -0.115. The molecule has 2 atom stereocenters. The number of hydrogen-bond donors (Lipinski definition) is 0. The van der Waals surface area contributed by atoms with Gasteiger partial charge in [0, 0.05) is 26.2 Å². The molecule has 226 valence electrons. The van der Waals surface area contributed by atoms with Crippen molar-refractivity contribution in [3.8, 4) is 0 Å². The molecular formula is C36H47F2N3O. The van der Waals surface area contributed by atoms with Crippen molar-refractivity contribution in [1.29, 1.82) is 0 Å². The van der Waals surface area contributed by atoms with Crippen LogP contribution in [0.1, 0.15) is 69.3 Å². The summed E-state index contributed by atoms with van der Waals surface area (Å²) >= 11 is 0. The molecule has 3 aromatic carbocycles. The van der Waals surface area contributed by atoms with E-state index in [-0.39, 0.29) is 29.8 Å². The summed E-state index contributed by atoms with van der Waals surface area (Å²) in [6, 6.07) is 23.3. The Morgan fingerprint density at radius 3 is 1.55 bits per heavy atom. The first-order chi connectivity index (χ1) is 20.3. The minimum Gasteiger partial charge on any atom is -0.302 e. The van der Waals surface area contributed by atoms with E-state index in [9.17, 15) is 13.6 Å². The lowest BCUT2D eigenvalue weighted by atomic mass is 9.93. The molecule has 1 heterocycles. The zero-order chi connectivity index (χ0) is 30.1. The normalized spacial score (nSPS) is 16.4. The second-order valence-electron chi connectivity index (χ2n) is 12.5. The smallest absolute Gasteiger partial charge is 0.139 e. The Balaban J connectivity index is 1.60. The molecule has 6 heteroatoms. The van der Waals surface area contributed by atoms with Crippen LogP contribution in [0.2, 0.25) is 0 Å². The van der Waals surface area contributed by atoms with Gasteiger partial charge >= 0.3 is 0 Å². The molecule has 1 fully saturated rings. The summed E-state index contributed by atoms with van der Waals surface area (Å²) in [4.78, 5) is 20.2. The Morgan fingerprint density at radius 2 is 1.12 bits per heavy atom. The minimum absolute atomic E-state index is 0.0553. The number of halogens is 2. The van der Waals surface area contributed by atoms with Crippen LogP contribution in [0, 0.1) is 23.5 Å². The average Bonchev–Trinajstić information content (AvgIpc) is 2.99. The van der Waals surface area contributed by atoms with Gasteiger partial charge in [-0.25, -0.2) is 8.78 Å². The van der Waals surface area contributed by atoms with Crippen molar-refractivity contribution in [2.45, 2.75) is 58.7 Å². The number of piperazine rings is 1. The van der Waals surface area contributed by atoms with Gasteiger partial charge < -0.3 is 4.79 Å². The summed E-state index contributed by atoms with van der Waals surface area (Å²) in [5, 5.41) is 0. The quantitative estimate of drug-likeness (QED) is 0.188. The maximum Gasteiger partial charge on any atom is 0.139 e. The number of carbonyl (C=O) groups is 1. The zero-order valence-electron chi connectivity index (χ0n) is 25.6. The van der Waals surface area contributed by atoms with Crippen molar-refractivity contribution < 1.29 is 13.6 Å². The van der Waals surface area contributed by atoms with Gasteiger partial charge in [-0.2, -0.15) is 0 Å². The van der Waals surface area contributed by atoms with E-state index in [4.69, 9.17) is 0 Å². The summed E-state index contributed by atoms with van der Waals surface area (Å²) < 4.78 is 27.6. The Kier molecular flexibility index (Phi) is 11.8.